The van der Waals surface area contributed by atoms with Gasteiger partial charge in [0.1, 0.15) is 11.6 Å². The summed E-state index contributed by atoms with van der Waals surface area (Å²) in [6.45, 7) is 0.166. The zero-order valence-electron chi connectivity index (χ0n) is 10.5. The van der Waals surface area contributed by atoms with Crippen LogP contribution in [0.2, 0.25) is 0 Å². The first kappa shape index (κ1) is 13.1. The molecule has 0 unspecified atom stereocenters. The maximum absolute atomic E-state index is 13.0. The first-order valence-electron chi connectivity index (χ1n) is 5.76. The predicted molar refractivity (Wildman–Crippen MR) is 68.0 cm³/mol. The van der Waals surface area contributed by atoms with Gasteiger partial charge < -0.3 is 15.0 Å². The maximum atomic E-state index is 13.0. The molecular formula is C13H14FN3O2. The lowest BCUT2D eigenvalue weighted by molar-refractivity contribution is 0.0507. The topological polar surface area (TPSA) is 70.1 Å². The van der Waals surface area contributed by atoms with E-state index in [-0.39, 0.29) is 17.9 Å². The maximum Gasteiger partial charge on any atom is 0.340 e. The number of rotatable bonds is 4. The van der Waals surface area contributed by atoms with E-state index in [0.717, 1.165) is 11.9 Å². The Balaban J connectivity index is 1.94. The van der Waals surface area contributed by atoms with Crippen molar-refractivity contribution in [3.8, 4) is 0 Å². The van der Waals surface area contributed by atoms with Crippen molar-refractivity contribution in [2.75, 3.05) is 12.3 Å². The average molecular weight is 263 g/mol. The van der Waals surface area contributed by atoms with Crippen molar-refractivity contribution in [3.63, 3.8) is 0 Å². The summed E-state index contributed by atoms with van der Waals surface area (Å²) in [7, 11) is 1.86. The van der Waals surface area contributed by atoms with Gasteiger partial charge in [0.15, 0.2) is 0 Å². The molecule has 1 heterocycles. The van der Waals surface area contributed by atoms with Crippen LogP contribution in [0.4, 0.5) is 10.1 Å². The molecule has 0 aliphatic heterocycles. The summed E-state index contributed by atoms with van der Waals surface area (Å²) in [6, 6.07) is 3.60. The van der Waals surface area contributed by atoms with Gasteiger partial charge in [0.05, 0.1) is 12.2 Å². The summed E-state index contributed by atoms with van der Waals surface area (Å²) in [5.74, 6) is -0.350. The molecule has 0 spiro atoms. The third-order valence-corrected chi connectivity index (χ3v) is 2.72. The molecule has 0 saturated carbocycles. The number of halogens is 1. The second-order valence-corrected chi connectivity index (χ2v) is 4.07. The fourth-order valence-corrected chi connectivity index (χ4v) is 1.66. The largest absolute Gasteiger partial charge is 0.462 e. The van der Waals surface area contributed by atoms with Crippen LogP contribution in [0, 0.1) is 5.82 Å². The molecule has 0 amide bonds. The van der Waals surface area contributed by atoms with Gasteiger partial charge in [-0.2, -0.15) is 0 Å². The number of nitrogens with two attached hydrogens (primary N) is 1. The van der Waals surface area contributed by atoms with Crippen LogP contribution in [0.3, 0.4) is 0 Å². The lowest BCUT2D eigenvalue weighted by Crippen LogP contribution is -2.12. The molecule has 0 bridgehead atoms. The summed E-state index contributed by atoms with van der Waals surface area (Å²) in [5, 5.41) is 0. The van der Waals surface area contributed by atoms with Crippen LogP contribution in [0.25, 0.3) is 0 Å². The van der Waals surface area contributed by atoms with Gasteiger partial charge in [-0.05, 0) is 18.2 Å². The van der Waals surface area contributed by atoms with Crippen molar-refractivity contribution in [3.05, 3.63) is 47.8 Å². The molecule has 0 aliphatic carbocycles. The second kappa shape index (κ2) is 5.51. The van der Waals surface area contributed by atoms with Gasteiger partial charge in [-0.3, -0.25) is 0 Å². The van der Waals surface area contributed by atoms with E-state index in [0.29, 0.717) is 6.42 Å². The highest BCUT2D eigenvalue weighted by Crippen LogP contribution is 2.14. The highest BCUT2D eigenvalue weighted by atomic mass is 19.1. The Labute approximate surface area is 109 Å². The van der Waals surface area contributed by atoms with Crippen LogP contribution in [0.15, 0.2) is 30.6 Å². The molecule has 2 aromatic rings. The van der Waals surface area contributed by atoms with Crippen molar-refractivity contribution < 1.29 is 13.9 Å². The molecule has 0 saturated heterocycles. The van der Waals surface area contributed by atoms with Gasteiger partial charge in [-0.1, -0.05) is 0 Å². The van der Waals surface area contributed by atoms with Gasteiger partial charge in [-0.15, -0.1) is 0 Å². The zero-order valence-corrected chi connectivity index (χ0v) is 10.5. The van der Waals surface area contributed by atoms with E-state index in [9.17, 15) is 9.18 Å². The van der Waals surface area contributed by atoms with E-state index in [4.69, 9.17) is 10.5 Å². The monoisotopic (exact) mass is 263 g/mol. The number of nitrogens with zero attached hydrogens (tertiary/aromatic N) is 2. The van der Waals surface area contributed by atoms with Gasteiger partial charge in [0.25, 0.3) is 0 Å². The Bertz CT molecular complexity index is 595. The van der Waals surface area contributed by atoms with Crippen LogP contribution >= 0.6 is 0 Å². The molecule has 6 heteroatoms. The molecule has 1 aromatic heterocycles. The van der Waals surface area contributed by atoms with Crippen molar-refractivity contribution in [2.45, 2.75) is 6.42 Å². The molecule has 1 aromatic carbocycles. The summed E-state index contributed by atoms with van der Waals surface area (Å²) in [6.07, 6.45) is 3.97. The Kier molecular flexibility index (Phi) is 3.79. The molecule has 100 valence electrons. The third kappa shape index (κ3) is 3.09. The first-order chi connectivity index (χ1) is 9.08. The summed E-state index contributed by atoms with van der Waals surface area (Å²) in [4.78, 5) is 15.8. The normalized spacial score (nSPS) is 10.4. The summed E-state index contributed by atoms with van der Waals surface area (Å²) in [5.41, 5.74) is 5.84. The summed E-state index contributed by atoms with van der Waals surface area (Å²) >= 11 is 0. The van der Waals surface area contributed by atoms with Gasteiger partial charge >= 0.3 is 5.97 Å². The minimum atomic E-state index is -0.633. The second-order valence-electron chi connectivity index (χ2n) is 4.07. The standard InChI is InChI=1S/C13H14FN3O2/c1-17-6-5-16-12(17)4-7-19-13(18)10-8-9(14)2-3-11(10)15/h2-3,5-6,8H,4,7,15H2,1H3. The molecule has 5 nitrogen and oxygen atoms in total. The third-order valence-electron chi connectivity index (χ3n) is 2.72. The Morgan fingerprint density at radius 1 is 1.53 bits per heavy atom. The average Bonchev–Trinajstić information content (AvgIpc) is 2.78. The number of carbonyl (C=O) groups excluding carboxylic acids is 1. The summed E-state index contributed by atoms with van der Waals surface area (Å²) < 4.78 is 19.9. The van der Waals surface area contributed by atoms with Crippen LogP contribution in [-0.4, -0.2) is 22.1 Å². The van der Waals surface area contributed by atoms with Crippen LogP contribution in [-0.2, 0) is 18.2 Å². The lowest BCUT2D eigenvalue weighted by Gasteiger charge is -2.07. The van der Waals surface area contributed by atoms with Gasteiger partial charge in [-0.25, -0.2) is 14.2 Å². The SMILES string of the molecule is Cn1ccnc1CCOC(=O)c1cc(F)ccc1N. The molecular weight excluding hydrogens is 249 g/mol. The Hall–Kier alpha value is -2.37. The van der Waals surface area contributed by atoms with E-state index < -0.39 is 11.8 Å². The number of carbonyl (C=O) groups is 1. The number of anilines is 1. The fraction of sp³-hybridized carbons (Fsp3) is 0.231. The molecule has 2 N–H and O–H groups in total. The number of hydrogen-bond acceptors (Lipinski definition) is 4. The molecule has 0 atom stereocenters. The molecule has 0 aliphatic rings. The van der Waals surface area contributed by atoms with Gasteiger partial charge in [0, 0.05) is 31.5 Å². The number of aryl methyl sites for hydroxylation is 1. The van der Waals surface area contributed by atoms with E-state index >= 15 is 0 Å². The zero-order chi connectivity index (χ0) is 13.8. The van der Waals surface area contributed by atoms with Crippen molar-refractivity contribution >= 4 is 11.7 Å². The Morgan fingerprint density at radius 3 is 3.00 bits per heavy atom. The number of nitrogen functional groups attached to an aromatic ring is 1. The van der Waals surface area contributed by atoms with E-state index in [1.54, 1.807) is 6.20 Å². The minimum absolute atomic E-state index is 0.0415. The highest BCUT2D eigenvalue weighted by Gasteiger charge is 2.12. The van der Waals surface area contributed by atoms with Gasteiger partial charge in [0.2, 0.25) is 0 Å². The highest BCUT2D eigenvalue weighted by molar-refractivity contribution is 5.95. The van der Waals surface area contributed by atoms with Crippen molar-refractivity contribution in [1.82, 2.24) is 9.55 Å². The number of aromatic nitrogens is 2. The molecule has 2 rings (SSSR count). The number of esters is 1. The smallest absolute Gasteiger partial charge is 0.340 e. The molecule has 19 heavy (non-hydrogen) atoms. The van der Waals surface area contributed by atoms with E-state index in [1.165, 1.54) is 12.1 Å². The first-order valence-corrected chi connectivity index (χ1v) is 5.76. The van der Waals surface area contributed by atoms with Crippen LogP contribution < -0.4 is 5.73 Å². The predicted octanol–water partition coefficient (Wildman–Crippen LogP) is 1.54. The van der Waals surface area contributed by atoms with Crippen LogP contribution in [0.1, 0.15) is 16.2 Å². The van der Waals surface area contributed by atoms with E-state index in [1.807, 2.05) is 17.8 Å². The van der Waals surface area contributed by atoms with Crippen molar-refractivity contribution in [2.24, 2.45) is 7.05 Å². The van der Waals surface area contributed by atoms with Crippen molar-refractivity contribution in [1.29, 1.82) is 0 Å². The number of imidazole rings is 1. The minimum Gasteiger partial charge on any atom is -0.462 e. The molecule has 0 fully saturated rings. The quantitative estimate of drug-likeness (QED) is 0.671. The fourth-order valence-electron chi connectivity index (χ4n) is 1.66. The molecule has 0 radical (unpaired) electrons. The lowest BCUT2D eigenvalue weighted by atomic mass is 10.2. The number of hydrogen-bond donors (Lipinski definition) is 1. The number of ether oxygens (including phenoxy) is 1. The number of benzene rings is 1. The van der Waals surface area contributed by atoms with E-state index in [2.05, 4.69) is 4.98 Å². The van der Waals surface area contributed by atoms with Crippen LogP contribution in [0.5, 0.6) is 0 Å². The Morgan fingerprint density at radius 2 is 2.32 bits per heavy atom.